The van der Waals surface area contributed by atoms with Gasteiger partial charge in [0, 0.05) is 0 Å². The van der Waals surface area contributed by atoms with Gasteiger partial charge in [0.15, 0.2) is 0 Å². The van der Waals surface area contributed by atoms with Crippen LogP contribution in [0.4, 0.5) is 4.79 Å². The number of hydrogen-bond acceptors (Lipinski definition) is 4. The van der Waals surface area contributed by atoms with Crippen LogP contribution in [0.3, 0.4) is 0 Å². The van der Waals surface area contributed by atoms with Gasteiger partial charge in [-0.3, -0.25) is 0 Å². The van der Waals surface area contributed by atoms with Crippen LogP contribution in [0.25, 0.3) is 0 Å². The monoisotopic (exact) mass is 200 g/mol. The summed E-state index contributed by atoms with van der Waals surface area (Å²) < 4.78 is 8.50. The molecule has 1 aromatic heterocycles. The van der Waals surface area contributed by atoms with Crippen molar-refractivity contribution in [3.05, 3.63) is 35.5 Å². The van der Waals surface area contributed by atoms with Crippen LogP contribution < -0.4 is 0 Å². The first-order valence-electron chi connectivity index (χ1n) is 3.60. The van der Waals surface area contributed by atoms with E-state index in [1.807, 2.05) is 22.9 Å². The van der Waals surface area contributed by atoms with Crippen molar-refractivity contribution >= 4 is 17.5 Å². The van der Waals surface area contributed by atoms with Crippen LogP contribution in [0.15, 0.2) is 35.5 Å². The molecule has 0 spiro atoms. The highest BCUT2D eigenvalue weighted by Crippen LogP contribution is 1.91. The van der Waals surface area contributed by atoms with Gasteiger partial charge in [0.25, 0.3) is 0 Å². The standard InChI is InChI=1S/C5H8O3.C4H4S/c1-3-4-8-5(6)7-2;1-2-4-5-3-1/h3H,1,4H2,2H3;1-4H. The lowest BCUT2D eigenvalue weighted by Crippen LogP contribution is -2.02. The minimum atomic E-state index is -0.676. The van der Waals surface area contributed by atoms with E-state index in [0.29, 0.717) is 0 Å². The highest BCUT2D eigenvalue weighted by molar-refractivity contribution is 7.07. The lowest BCUT2D eigenvalue weighted by molar-refractivity contribution is 0.0818. The zero-order valence-corrected chi connectivity index (χ0v) is 8.25. The Kier molecular flexibility index (Phi) is 7.93. The molecule has 0 atom stereocenters. The summed E-state index contributed by atoms with van der Waals surface area (Å²) in [6, 6.07) is 4.04. The summed E-state index contributed by atoms with van der Waals surface area (Å²) in [5, 5.41) is 4.08. The molecular weight excluding hydrogens is 188 g/mol. The molecule has 1 rings (SSSR count). The molecule has 0 bridgehead atoms. The molecule has 0 radical (unpaired) electrons. The van der Waals surface area contributed by atoms with Crippen molar-refractivity contribution in [3.63, 3.8) is 0 Å². The van der Waals surface area contributed by atoms with Gasteiger partial charge >= 0.3 is 6.16 Å². The fraction of sp³-hybridized carbons (Fsp3) is 0.222. The van der Waals surface area contributed by atoms with Gasteiger partial charge in [0.1, 0.15) is 6.61 Å². The second-order valence-corrected chi connectivity index (χ2v) is 2.66. The minimum absolute atomic E-state index is 0.201. The molecule has 13 heavy (non-hydrogen) atoms. The predicted molar refractivity (Wildman–Crippen MR) is 52.9 cm³/mol. The first kappa shape index (κ1) is 11.7. The van der Waals surface area contributed by atoms with Crippen molar-refractivity contribution < 1.29 is 14.3 Å². The number of carbonyl (C=O) groups is 1. The van der Waals surface area contributed by atoms with Crippen LogP contribution in [-0.4, -0.2) is 19.9 Å². The third-order valence-electron chi connectivity index (χ3n) is 0.911. The Labute approximate surface area is 81.6 Å². The van der Waals surface area contributed by atoms with Crippen molar-refractivity contribution in [1.29, 1.82) is 0 Å². The second kappa shape index (κ2) is 8.80. The molecule has 1 heterocycles. The zero-order valence-electron chi connectivity index (χ0n) is 7.43. The number of methoxy groups -OCH3 is 1. The van der Waals surface area contributed by atoms with E-state index in [0.717, 1.165) is 0 Å². The molecule has 0 aliphatic carbocycles. The summed E-state index contributed by atoms with van der Waals surface area (Å²) in [5.74, 6) is 0. The Balaban J connectivity index is 0.000000243. The van der Waals surface area contributed by atoms with Crippen molar-refractivity contribution in [2.75, 3.05) is 13.7 Å². The van der Waals surface area contributed by atoms with Crippen LogP contribution in [0.2, 0.25) is 0 Å². The first-order valence-corrected chi connectivity index (χ1v) is 4.54. The highest BCUT2D eigenvalue weighted by Gasteiger charge is 1.93. The van der Waals surface area contributed by atoms with E-state index in [1.54, 1.807) is 11.3 Å². The van der Waals surface area contributed by atoms with Gasteiger partial charge in [-0.15, -0.1) is 0 Å². The lowest BCUT2D eigenvalue weighted by atomic mass is 10.7. The maximum absolute atomic E-state index is 10.1. The molecule has 0 unspecified atom stereocenters. The van der Waals surface area contributed by atoms with Crippen molar-refractivity contribution in [2.24, 2.45) is 0 Å². The van der Waals surface area contributed by atoms with Crippen LogP contribution in [0, 0.1) is 0 Å². The van der Waals surface area contributed by atoms with E-state index in [4.69, 9.17) is 0 Å². The molecule has 4 heteroatoms. The van der Waals surface area contributed by atoms with Gasteiger partial charge in [-0.25, -0.2) is 4.79 Å². The van der Waals surface area contributed by atoms with E-state index < -0.39 is 6.16 Å². The molecule has 0 aliphatic heterocycles. The third kappa shape index (κ3) is 8.62. The molecular formula is C9H12O3S. The average Bonchev–Trinajstić information content (AvgIpc) is 2.72. The maximum atomic E-state index is 10.1. The van der Waals surface area contributed by atoms with E-state index >= 15 is 0 Å². The first-order chi connectivity index (χ1) is 6.31. The predicted octanol–water partition coefficient (Wildman–Crippen LogP) is 2.70. The molecule has 0 amide bonds. The van der Waals surface area contributed by atoms with Gasteiger partial charge < -0.3 is 9.47 Å². The number of thiophene rings is 1. The molecule has 3 nitrogen and oxygen atoms in total. The van der Waals surface area contributed by atoms with Crippen LogP contribution in [0.1, 0.15) is 0 Å². The van der Waals surface area contributed by atoms with Gasteiger partial charge in [-0.2, -0.15) is 11.3 Å². The Morgan fingerprint density at radius 1 is 1.54 bits per heavy atom. The normalized spacial score (nSPS) is 7.77. The summed E-state index contributed by atoms with van der Waals surface area (Å²) in [5.41, 5.74) is 0. The molecule has 0 aromatic carbocycles. The van der Waals surface area contributed by atoms with Gasteiger partial charge in [0.05, 0.1) is 7.11 Å². The SMILES string of the molecule is C=CCOC(=O)OC.c1ccsc1. The quantitative estimate of drug-likeness (QED) is 0.544. The summed E-state index contributed by atoms with van der Waals surface area (Å²) in [6.45, 7) is 3.54. The smallest absolute Gasteiger partial charge is 0.438 e. The van der Waals surface area contributed by atoms with Crippen molar-refractivity contribution in [3.8, 4) is 0 Å². The molecule has 72 valence electrons. The fourth-order valence-corrected chi connectivity index (χ4v) is 0.866. The molecule has 0 saturated carbocycles. The van der Waals surface area contributed by atoms with Crippen LogP contribution in [0.5, 0.6) is 0 Å². The van der Waals surface area contributed by atoms with E-state index in [1.165, 1.54) is 13.2 Å². The minimum Gasteiger partial charge on any atom is -0.438 e. The Bertz CT molecular complexity index is 202. The molecule has 0 saturated heterocycles. The third-order valence-corrected chi connectivity index (χ3v) is 1.54. The topological polar surface area (TPSA) is 35.5 Å². The Hall–Kier alpha value is -1.29. The summed E-state index contributed by atoms with van der Waals surface area (Å²) in [6.07, 6.45) is 0.793. The number of rotatable bonds is 2. The average molecular weight is 200 g/mol. The highest BCUT2D eigenvalue weighted by atomic mass is 32.1. The largest absolute Gasteiger partial charge is 0.508 e. The lowest BCUT2D eigenvalue weighted by Gasteiger charge is -1.95. The Morgan fingerprint density at radius 2 is 2.15 bits per heavy atom. The second-order valence-electron chi connectivity index (χ2n) is 1.85. The maximum Gasteiger partial charge on any atom is 0.508 e. The molecule has 0 fully saturated rings. The van der Waals surface area contributed by atoms with Crippen LogP contribution >= 0.6 is 11.3 Å². The van der Waals surface area contributed by atoms with Crippen molar-refractivity contribution in [1.82, 2.24) is 0 Å². The van der Waals surface area contributed by atoms with Gasteiger partial charge in [0.2, 0.25) is 0 Å². The fourth-order valence-electron chi connectivity index (χ4n) is 0.413. The number of carbonyl (C=O) groups excluding carboxylic acids is 1. The number of ether oxygens (including phenoxy) is 2. The van der Waals surface area contributed by atoms with Crippen molar-refractivity contribution in [2.45, 2.75) is 0 Å². The van der Waals surface area contributed by atoms with E-state index in [9.17, 15) is 4.79 Å². The van der Waals surface area contributed by atoms with Gasteiger partial charge in [-0.1, -0.05) is 24.8 Å². The van der Waals surface area contributed by atoms with Crippen LogP contribution in [-0.2, 0) is 9.47 Å². The van der Waals surface area contributed by atoms with E-state index in [2.05, 4.69) is 16.1 Å². The molecule has 0 aliphatic rings. The summed E-state index contributed by atoms with van der Waals surface area (Å²) in [7, 11) is 1.26. The zero-order chi connectivity index (χ0) is 9.94. The summed E-state index contributed by atoms with van der Waals surface area (Å²) in [4.78, 5) is 10.1. The summed E-state index contributed by atoms with van der Waals surface area (Å²) >= 11 is 1.71. The van der Waals surface area contributed by atoms with E-state index in [-0.39, 0.29) is 6.61 Å². The number of hydrogen-bond donors (Lipinski definition) is 0. The Morgan fingerprint density at radius 3 is 2.46 bits per heavy atom. The molecule has 1 aromatic rings. The molecule has 0 N–H and O–H groups in total. The van der Waals surface area contributed by atoms with Gasteiger partial charge in [-0.05, 0) is 10.8 Å².